The molecule has 0 atom stereocenters. The minimum absolute atomic E-state index is 0.790. The van der Waals surface area contributed by atoms with E-state index in [2.05, 4.69) is 72.7 Å². The summed E-state index contributed by atoms with van der Waals surface area (Å²) in [5.74, 6) is 0.790. The van der Waals surface area contributed by atoms with E-state index in [1.54, 1.807) is 0 Å². The fourth-order valence-corrected chi connectivity index (χ4v) is 1.81. The Hall–Kier alpha value is -2.22. The van der Waals surface area contributed by atoms with Gasteiger partial charge in [-0.2, -0.15) is 0 Å². The van der Waals surface area contributed by atoms with Gasteiger partial charge in [0.2, 0.25) is 0 Å². The summed E-state index contributed by atoms with van der Waals surface area (Å²) < 4.78 is 0. The van der Waals surface area contributed by atoms with E-state index >= 15 is 0 Å². The Balaban J connectivity index is 2.19. The number of hydrogen-bond acceptors (Lipinski definition) is 2. The molecule has 2 nitrogen and oxygen atoms in total. The fourth-order valence-electron chi connectivity index (χ4n) is 1.81. The van der Waals surface area contributed by atoms with E-state index in [-0.39, 0.29) is 0 Å². The predicted molar refractivity (Wildman–Crippen MR) is 78.4 cm³/mol. The summed E-state index contributed by atoms with van der Waals surface area (Å²) in [6.07, 6.45) is 0. The predicted octanol–water partition coefficient (Wildman–Crippen LogP) is 3.76. The van der Waals surface area contributed by atoms with Crippen LogP contribution in [0.3, 0.4) is 0 Å². The molecule has 2 rings (SSSR count). The second-order valence-corrected chi connectivity index (χ2v) is 4.30. The molecule has 2 aromatic carbocycles. The molecule has 0 aliphatic heterocycles. The molecular formula is C16H18N2. The molecule has 0 saturated carbocycles. The van der Waals surface area contributed by atoms with Crippen LogP contribution in [-0.4, -0.2) is 7.05 Å². The third-order valence-corrected chi connectivity index (χ3v) is 2.83. The molecule has 0 aromatic heterocycles. The summed E-state index contributed by atoms with van der Waals surface area (Å²) >= 11 is 0. The monoisotopic (exact) mass is 238 g/mol. The maximum absolute atomic E-state index is 3.84. The van der Waals surface area contributed by atoms with Crippen LogP contribution >= 0.6 is 0 Å². The zero-order valence-corrected chi connectivity index (χ0v) is 10.8. The Kier molecular flexibility index (Phi) is 3.68. The Labute approximate surface area is 108 Å². The quantitative estimate of drug-likeness (QED) is 0.847. The minimum Gasteiger partial charge on any atom is -0.375 e. The van der Waals surface area contributed by atoms with E-state index in [1.165, 1.54) is 16.7 Å². The summed E-state index contributed by atoms with van der Waals surface area (Å²) in [4.78, 5) is 0. The van der Waals surface area contributed by atoms with Gasteiger partial charge in [-0.25, -0.2) is 0 Å². The number of anilines is 1. The summed E-state index contributed by atoms with van der Waals surface area (Å²) in [6, 6.07) is 16.8. The van der Waals surface area contributed by atoms with Crippen molar-refractivity contribution in [1.82, 2.24) is 5.32 Å². The first-order valence-corrected chi connectivity index (χ1v) is 6.00. The van der Waals surface area contributed by atoms with Gasteiger partial charge in [0, 0.05) is 12.7 Å². The molecule has 0 saturated heterocycles. The lowest BCUT2D eigenvalue weighted by Gasteiger charge is -2.09. The molecule has 0 aliphatic rings. The second kappa shape index (κ2) is 5.41. The first-order valence-electron chi connectivity index (χ1n) is 6.00. The maximum atomic E-state index is 3.84. The Morgan fingerprint density at radius 1 is 1.00 bits per heavy atom. The van der Waals surface area contributed by atoms with Crippen LogP contribution in [0.15, 0.2) is 60.9 Å². The fraction of sp³-hybridized carbons (Fsp3) is 0.125. The Morgan fingerprint density at radius 3 is 2.33 bits per heavy atom. The molecule has 0 heterocycles. The van der Waals surface area contributed by atoms with Crippen molar-refractivity contribution in [3.63, 3.8) is 0 Å². The van der Waals surface area contributed by atoms with Crippen molar-refractivity contribution in [1.29, 1.82) is 0 Å². The van der Waals surface area contributed by atoms with Gasteiger partial charge in [-0.15, -0.1) is 0 Å². The van der Waals surface area contributed by atoms with E-state index in [9.17, 15) is 0 Å². The van der Waals surface area contributed by atoms with Crippen molar-refractivity contribution < 1.29 is 0 Å². The van der Waals surface area contributed by atoms with Crippen molar-refractivity contribution in [3.8, 4) is 11.1 Å². The van der Waals surface area contributed by atoms with Gasteiger partial charge in [-0.1, -0.05) is 48.5 Å². The number of rotatable bonds is 4. The van der Waals surface area contributed by atoms with Gasteiger partial charge in [0.05, 0.1) is 5.82 Å². The lowest BCUT2D eigenvalue weighted by molar-refractivity contribution is 1.00. The third kappa shape index (κ3) is 2.92. The summed E-state index contributed by atoms with van der Waals surface area (Å²) in [7, 11) is 1.84. The average Bonchev–Trinajstić information content (AvgIpc) is 2.39. The molecule has 0 fully saturated rings. The van der Waals surface area contributed by atoms with Gasteiger partial charge in [0.25, 0.3) is 0 Å². The Bertz CT molecular complexity index is 541. The molecule has 0 radical (unpaired) electrons. The molecule has 0 amide bonds. The summed E-state index contributed by atoms with van der Waals surface area (Å²) in [5.41, 5.74) is 4.78. The van der Waals surface area contributed by atoms with E-state index in [4.69, 9.17) is 0 Å². The van der Waals surface area contributed by atoms with Crippen molar-refractivity contribution in [2.24, 2.45) is 0 Å². The van der Waals surface area contributed by atoms with Gasteiger partial charge >= 0.3 is 0 Å². The van der Waals surface area contributed by atoms with Gasteiger partial charge in [-0.05, 0) is 30.2 Å². The zero-order chi connectivity index (χ0) is 13.0. The lowest BCUT2D eigenvalue weighted by atomic mass is 10.0. The van der Waals surface area contributed by atoms with E-state index in [0.29, 0.717) is 0 Å². The van der Waals surface area contributed by atoms with Crippen LogP contribution < -0.4 is 10.6 Å². The van der Waals surface area contributed by atoms with Crippen molar-refractivity contribution in [2.45, 2.75) is 6.92 Å². The van der Waals surface area contributed by atoms with Gasteiger partial charge in [0.1, 0.15) is 0 Å². The SMILES string of the molecule is C=C(NC)Nc1ccc(-c2cccc(C)c2)cc1. The molecule has 2 heteroatoms. The highest BCUT2D eigenvalue weighted by molar-refractivity contribution is 5.67. The van der Waals surface area contributed by atoms with Crippen LogP contribution in [0.1, 0.15) is 5.56 Å². The van der Waals surface area contributed by atoms with E-state index in [1.807, 2.05) is 7.05 Å². The number of benzene rings is 2. The van der Waals surface area contributed by atoms with Gasteiger partial charge in [-0.3, -0.25) is 0 Å². The third-order valence-electron chi connectivity index (χ3n) is 2.83. The topological polar surface area (TPSA) is 24.1 Å². The molecule has 0 bridgehead atoms. The van der Waals surface area contributed by atoms with Crippen LogP contribution in [0.4, 0.5) is 5.69 Å². The van der Waals surface area contributed by atoms with Crippen molar-refractivity contribution >= 4 is 5.69 Å². The first-order chi connectivity index (χ1) is 8.69. The van der Waals surface area contributed by atoms with Gasteiger partial charge in [0.15, 0.2) is 0 Å². The van der Waals surface area contributed by atoms with Crippen LogP contribution in [0.2, 0.25) is 0 Å². The van der Waals surface area contributed by atoms with Crippen LogP contribution in [0, 0.1) is 6.92 Å². The molecule has 92 valence electrons. The zero-order valence-electron chi connectivity index (χ0n) is 10.8. The Morgan fingerprint density at radius 2 is 1.72 bits per heavy atom. The smallest absolute Gasteiger partial charge is 0.0954 e. The molecule has 2 aromatic rings. The lowest BCUT2D eigenvalue weighted by Crippen LogP contribution is -2.12. The summed E-state index contributed by atoms with van der Waals surface area (Å²) in [5, 5.41) is 6.14. The largest absolute Gasteiger partial charge is 0.375 e. The molecule has 0 aliphatic carbocycles. The highest BCUT2D eigenvalue weighted by Gasteiger charge is 1.98. The van der Waals surface area contributed by atoms with E-state index < -0.39 is 0 Å². The minimum atomic E-state index is 0.790. The highest BCUT2D eigenvalue weighted by Crippen LogP contribution is 2.22. The van der Waals surface area contributed by atoms with Crippen LogP contribution in [0.5, 0.6) is 0 Å². The van der Waals surface area contributed by atoms with Crippen molar-refractivity contribution in [3.05, 3.63) is 66.5 Å². The molecule has 2 N–H and O–H groups in total. The molecule has 0 unspecified atom stereocenters. The van der Waals surface area contributed by atoms with Crippen LogP contribution in [0.25, 0.3) is 11.1 Å². The number of aryl methyl sites for hydroxylation is 1. The first kappa shape index (κ1) is 12.2. The standard InChI is InChI=1S/C16H18N2/c1-12-5-4-6-15(11-12)14-7-9-16(10-8-14)18-13(2)17-3/h4-11,17-18H,2H2,1,3H3. The highest BCUT2D eigenvalue weighted by atomic mass is 15.1. The van der Waals surface area contributed by atoms with E-state index in [0.717, 1.165) is 11.5 Å². The molecule has 0 spiro atoms. The van der Waals surface area contributed by atoms with Crippen molar-refractivity contribution in [2.75, 3.05) is 12.4 Å². The average molecular weight is 238 g/mol. The number of hydrogen-bond donors (Lipinski definition) is 2. The molecular weight excluding hydrogens is 220 g/mol. The second-order valence-electron chi connectivity index (χ2n) is 4.30. The van der Waals surface area contributed by atoms with Gasteiger partial charge < -0.3 is 10.6 Å². The normalized spacial score (nSPS) is 9.89. The number of nitrogens with one attached hydrogen (secondary N) is 2. The maximum Gasteiger partial charge on any atom is 0.0954 e. The summed E-state index contributed by atoms with van der Waals surface area (Å²) in [6.45, 7) is 5.95. The molecule has 18 heavy (non-hydrogen) atoms. The van der Waals surface area contributed by atoms with Crippen LogP contribution in [-0.2, 0) is 0 Å².